The topological polar surface area (TPSA) is 39.9 Å². The molecule has 1 unspecified atom stereocenters. The molecule has 1 atom stereocenters. The van der Waals surface area contributed by atoms with Crippen LogP contribution in [0.15, 0.2) is 30.5 Å². The van der Waals surface area contributed by atoms with Crippen molar-refractivity contribution in [2.24, 2.45) is 0 Å². The third-order valence-corrected chi connectivity index (χ3v) is 5.06. The summed E-state index contributed by atoms with van der Waals surface area (Å²) in [7, 11) is 1.65. The van der Waals surface area contributed by atoms with E-state index >= 15 is 0 Å². The Kier molecular flexibility index (Phi) is 5.95. The number of fused-ring (bicyclic) bond motifs is 1. The van der Waals surface area contributed by atoms with Crippen molar-refractivity contribution in [2.75, 3.05) is 13.7 Å². The standard InChI is InChI=1S/C20H21ClF3N3O/c1-4-13(11-28-3)27-17(5-2)26-18-15(8-9-25-19(18)27)14-7-6-12(10-16(14)21)20(22,23)24/h6-10,13H,4-5,11H2,1-3H3. The van der Waals surface area contributed by atoms with Crippen molar-refractivity contribution in [2.45, 2.75) is 38.9 Å². The van der Waals surface area contributed by atoms with Gasteiger partial charge < -0.3 is 9.30 Å². The minimum Gasteiger partial charge on any atom is -0.383 e. The van der Waals surface area contributed by atoms with Gasteiger partial charge in [0.25, 0.3) is 0 Å². The van der Waals surface area contributed by atoms with Gasteiger partial charge in [-0.15, -0.1) is 0 Å². The normalized spacial score (nSPS) is 13.2. The van der Waals surface area contributed by atoms with Gasteiger partial charge in [-0.3, -0.25) is 0 Å². The molecule has 150 valence electrons. The molecule has 0 N–H and O–H groups in total. The highest BCUT2D eigenvalue weighted by Crippen LogP contribution is 2.38. The molecule has 0 spiro atoms. The molecule has 0 aliphatic carbocycles. The number of ether oxygens (including phenoxy) is 1. The highest BCUT2D eigenvalue weighted by molar-refractivity contribution is 6.33. The number of halogens is 4. The quantitative estimate of drug-likeness (QED) is 0.504. The third-order valence-electron chi connectivity index (χ3n) is 4.75. The van der Waals surface area contributed by atoms with Gasteiger partial charge in [0.1, 0.15) is 11.3 Å². The summed E-state index contributed by atoms with van der Waals surface area (Å²) in [4.78, 5) is 9.23. The smallest absolute Gasteiger partial charge is 0.383 e. The van der Waals surface area contributed by atoms with E-state index in [2.05, 4.69) is 16.5 Å². The predicted octanol–water partition coefficient (Wildman–Crippen LogP) is 5.93. The second kappa shape index (κ2) is 8.09. The van der Waals surface area contributed by atoms with E-state index in [1.807, 2.05) is 6.92 Å². The molecule has 0 saturated heterocycles. The molecule has 2 aromatic heterocycles. The molecule has 0 saturated carbocycles. The van der Waals surface area contributed by atoms with Gasteiger partial charge in [0.05, 0.1) is 18.2 Å². The molecule has 0 aliphatic heterocycles. The van der Waals surface area contributed by atoms with Crippen LogP contribution in [0.4, 0.5) is 13.2 Å². The molecule has 0 aliphatic rings. The average Bonchev–Trinajstić information content (AvgIpc) is 3.04. The SMILES string of the molecule is CCc1nc2c(-c3ccc(C(F)(F)F)cc3Cl)ccnc2n1C(CC)COC. The van der Waals surface area contributed by atoms with Crippen LogP contribution < -0.4 is 0 Å². The molecule has 8 heteroatoms. The van der Waals surface area contributed by atoms with Crippen molar-refractivity contribution in [3.63, 3.8) is 0 Å². The van der Waals surface area contributed by atoms with E-state index in [1.54, 1.807) is 19.4 Å². The maximum Gasteiger partial charge on any atom is 0.416 e. The van der Waals surface area contributed by atoms with Gasteiger partial charge in [0.2, 0.25) is 0 Å². The Morgan fingerprint density at radius 1 is 1.18 bits per heavy atom. The molecule has 0 radical (unpaired) electrons. The Labute approximate surface area is 166 Å². The maximum atomic E-state index is 13.0. The van der Waals surface area contributed by atoms with Crippen LogP contribution in [-0.2, 0) is 17.3 Å². The Balaban J connectivity index is 2.20. The minimum atomic E-state index is -4.44. The fourth-order valence-electron chi connectivity index (χ4n) is 3.36. The lowest BCUT2D eigenvalue weighted by Gasteiger charge is -2.18. The van der Waals surface area contributed by atoms with Crippen LogP contribution in [-0.4, -0.2) is 28.3 Å². The molecular formula is C20H21ClF3N3O. The number of rotatable bonds is 6. The first kappa shape index (κ1) is 20.6. The molecular weight excluding hydrogens is 391 g/mol. The second-order valence-corrected chi connectivity index (χ2v) is 6.90. The summed E-state index contributed by atoms with van der Waals surface area (Å²) < 4.78 is 46.3. The summed E-state index contributed by atoms with van der Waals surface area (Å²) in [6.07, 6.45) is -1.29. The number of hydrogen-bond donors (Lipinski definition) is 0. The van der Waals surface area contributed by atoms with Crippen molar-refractivity contribution in [3.8, 4) is 11.1 Å². The van der Waals surface area contributed by atoms with Gasteiger partial charge in [0, 0.05) is 35.9 Å². The van der Waals surface area contributed by atoms with Crippen LogP contribution in [0.2, 0.25) is 5.02 Å². The summed E-state index contributed by atoms with van der Waals surface area (Å²) >= 11 is 6.22. The number of pyridine rings is 1. The number of imidazole rings is 1. The molecule has 0 fully saturated rings. The predicted molar refractivity (Wildman–Crippen MR) is 104 cm³/mol. The van der Waals surface area contributed by atoms with Gasteiger partial charge in [-0.1, -0.05) is 31.5 Å². The molecule has 0 amide bonds. The van der Waals surface area contributed by atoms with Crippen LogP contribution in [0, 0.1) is 0 Å². The lowest BCUT2D eigenvalue weighted by molar-refractivity contribution is -0.137. The lowest BCUT2D eigenvalue weighted by Crippen LogP contribution is -2.16. The Bertz CT molecular complexity index is 985. The minimum absolute atomic E-state index is 0.0267. The Morgan fingerprint density at radius 3 is 2.50 bits per heavy atom. The number of nitrogens with zero attached hydrogens (tertiary/aromatic N) is 3. The van der Waals surface area contributed by atoms with E-state index < -0.39 is 11.7 Å². The van der Waals surface area contributed by atoms with Crippen molar-refractivity contribution in [1.82, 2.24) is 14.5 Å². The van der Waals surface area contributed by atoms with E-state index in [0.717, 1.165) is 24.4 Å². The largest absolute Gasteiger partial charge is 0.416 e. The fourth-order valence-corrected chi connectivity index (χ4v) is 3.64. The second-order valence-electron chi connectivity index (χ2n) is 6.49. The third kappa shape index (κ3) is 3.73. The van der Waals surface area contributed by atoms with Crippen LogP contribution >= 0.6 is 11.6 Å². The molecule has 3 rings (SSSR count). The van der Waals surface area contributed by atoms with Gasteiger partial charge in [-0.2, -0.15) is 13.2 Å². The zero-order valence-corrected chi connectivity index (χ0v) is 16.6. The summed E-state index contributed by atoms with van der Waals surface area (Å²) in [6.45, 7) is 4.58. The molecule has 4 nitrogen and oxygen atoms in total. The van der Waals surface area contributed by atoms with Gasteiger partial charge in [-0.05, 0) is 24.6 Å². The van der Waals surface area contributed by atoms with Crippen LogP contribution in [0.3, 0.4) is 0 Å². The zero-order valence-electron chi connectivity index (χ0n) is 15.8. The number of methoxy groups -OCH3 is 1. The van der Waals surface area contributed by atoms with E-state index in [4.69, 9.17) is 21.3 Å². The summed E-state index contributed by atoms with van der Waals surface area (Å²) in [5.41, 5.74) is 1.67. The first-order valence-corrected chi connectivity index (χ1v) is 9.41. The average molecular weight is 412 g/mol. The monoisotopic (exact) mass is 411 g/mol. The molecule has 28 heavy (non-hydrogen) atoms. The fraction of sp³-hybridized carbons (Fsp3) is 0.400. The summed E-state index contributed by atoms with van der Waals surface area (Å²) in [6, 6.07) is 5.16. The van der Waals surface area contributed by atoms with Crippen LogP contribution in [0.25, 0.3) is 22.3 Å². The number of hydrogen-bond acceptors (Lipinski definition) is 3. The van der Waals surface area contributed by atoms with Gasteiger partial charge in [-0.25, -0.2) is 9.97 Å². The number of alkyl halides is 3. The summed E-state index contributed by atoms with van der Waals surface area (Å²) in [5.74, 6) is 0.849. The highest BCUT2D eigenvalue weighted by Gasteiger charge is 2.31. The van der Waals surface area contributed by atoms with Gasteiger partial charge in [0.15, 0.2) is 5.65 Å². The summed E-state index contributed by atoms with van der Waals surface area (Å²) in [5, 5.41) is 0.0267. The maximum absolute atomic E-state index is 13.0. The lowest BCUT2D eigenvalue weighted by atomic mass is 10.0. The van der Waals surface area contributed by atoms with Crippen LogP contribution in [0.1, 0.15) is 37.7 Å². The number of aromatic nitrogens is 3. The van der Waals surface area contributed by atoms with Crippen molar-refractivity contribution >= 4 is 22.8 Å². The van der Waals surface area contributed by atoms with Crippen LogP contribution in [0.5, 0.6) is 0 Å². The van der Waals surface area contributed by atoms with Crippen molar-refractivity contribution in [3.05, 3.63) is 46.9 Å². The molecule has 1 aromatic carbocycles. The Hall–Kier alpha value is -2.12. The first-order chi connectivity index (χ1) is 13.3. The van der Waals surface area contributed by atoms with E-state index in [9.17, 15) is 13.2 Å². The highest BCUT2D eigenvalue weighted by atomic mass is 35.5. The van der Waals surface area contributed by atoms with E-state index in [0.29, 0.717) is 35.3 Å². The number of benzene rings is 1. The van der Waals surface area contributed by atoms with Crippen molar-refractivity contribution in [1.29, 1.82) is 0 Å². The first-order valence-electron chi connectivity index (χ1n) is 9.03. The Morgan fingerprint density at radius 2 is 1.93 bits per heavy atom. The number of aryl methyl sites for hydroxylation is 1. The molecule has 2 heterocycles. The zero-order chi connectivity index (χ0) is 20.5. The van der Waals surface area contributed by atoms with E-state index in [-0.39, 0.29) is 11.1 Å². The molecule has 0 bridgehead atoms. The van der Waals surface area contributed by atoms with Gasteiger partial charge >= 0.3 is 6.18 Å². The van der Waals surface area contributed by atoms with Crippen molar-refractivity contribution < 1.29 is 17.9 Å². The molecule has 3 aromatic rings. The van der Waals surface area contributed by atoms with E-state index in [1.165, 1.54) is 6.07 Å².